The molecular weight excluding hydrogens is 420 g/mol. The number of urea groups is 1. The van der Waals surface area contributed by atoms with Crippen molar-refractivity contribution in [3.63, 3.8) is 0 Å². The summed E-state index contributed by atoms with van der Waals surface area (Å²) < 4.78 is 2.56. The van der Waals surface area contributed by atoms with Crippen molar-refractivity contribution in [3.8, 4) is 0 Å². The van der Waals surface area contributed by atoms with E-state index in [1.165, 1.54) is 0 Å². The number of anilines is 1. The van der Waals surface area contributed by atoms with Crippen molar-refractivity contribution in [2.75, 3.05) is 12.4 Å². The molecule has 1 N–H and O–H groups in total. The van der Waals surface area contributed by atoms with E-state index in [0.29, 0.717) is 29.0 Å². The Hall–Kier alpha value is -2.67. The van der Waals surface area contributed by atoms with E-state index < -0.39 is 0 Å². The van der Waals surface area contributed by atoms with Gasteiger partial charge in [-0.1, -0.05) is 41.1 Å². The fraction of sp³-hybridized carbons (Fsp3) is 0.286. The number of nitrogens with one attached hydrogen (secondary N) is 1. The number of amides is 2. The number of halogens is 1. The molecule has 0 saturated carbocycles. The summed E-state index contributed by atoms with van der Waals surface area (Å²) in [5, 5.41) is 3.47. The highest BCUT2D eigenvalue weighted by atomic mass is 79.9. The first-order chi connectivity index (χ1) is 13.4. The van der Waals surface area contributed by atoms with Gasteiger partial charge in [-0.3, -0.25) is 9.36 Å². The van der Waals surface area contributed by atoms with Crippen molar-refractivity contribution < 1.29 is 4.79 Å². The van der Waals surface area contributed by atoms with E-state index in [0.717, 1.165) is 10.9 Å². The molecule has 0 aliphatic heterocycles. The van der Waals surface area contributed by atoms with Gasteiger partial charge in [-0.15, -0.1) is 0 Å². The van der Waals surface area contributed by atoms with Gasteiger partial charge < -0.3 is 10.2 Å². The second-order valence-electron chi connectivity index (χ2n) is 6.67. The van der Waals surface area contributed by atoms with Gasteiger partial charge >= 0.3 is 6.03 Å². The van der Waals surface area contributed by atoms with Crippen LogP contribution in [-0.2, 0) is 6.54 Å². The quantitative estimate of drug-likeness (QED) is 0.617. The average Bonchev–Trinajstić information content (AvgIpc) is 2.69. The van der Waals surface area contributed by atoms with Gasteiger partial charge in [0.25, 0.3) is 5.56 Å². The Labute approximate surface area is 172 Å². The van der Waals surface area contributed by atoms with Crippen LogP contribution in [0, 0.1) is 0 Å². The van der Waals surface area contributed by atoms with Crippen molar-refractivity contribution in [2.45, 2.75) is 32.9 Å². The highest BCUT2D eigenvalue weighted by Gasteiger charge is 2.23. The van der Waals surface area contributed by atoms with E-state index in [-0.39, 0.29) is 17.6 Å². The van der Waals surface area contributed by atoms with Gasteiger partial charge in [0.2, 0.25) is 0 Å². The van der Waals surface area contributed by atoms with Crippen LogP contribution in [0.25, 0.3) is 10.9 Å². The van der Waals surface area contributed by atoms with Crippen LogP contribution in [0.3, 0.4) is 0 Å². The molecule has 3 rings (SSSR count). The zero-order valence-electron chi connectivity index (χ0n) is 16.1. The normalized spacial score (nSPS) is 12.0. The summed E-state index contributed by atoms with van der Waals surface area (Å²) in [6.07, 6.45) is 0.799. The SMILES string of the molecule is CCCn1c(C(C)N(C)C(=O)Nc2cccc(Br)c2)nc2ccccc2c1=O. The number of para-hydroxylation sites is 1. The number of nitrogens with zero attached hydrogens (tertiary/aromatic N) is 3. The molecule has 0 bridgehead atoms. The highest BCUT2D eigenvalue weighted by molar-refractivity contribution is 9.10. The third-order valence-electron chi connectivity index (χ3n) is 4.69. The Morgan fingerprint density at radius 1 is 1.25 bits per heavy atom. The second-order valence-corrected chi connectivity index (χ2v) is 7.59. The molecule has 0 aliphatic rings. The summed E-state index contributed by atoms with van der Waals surface area (Å²) in [6, 6.07) is 14.1. The van der Waals surface area contributed by atoms with Crippen LogP contribution in [0.5, 0.6) is 0 Å². The summed E-state index contributed by atoms with van der Waals surface area (Å²) in [5.74, 6) is 0.581. The van der Waals surface area contributed by atoms with Crippen molar-refractivity contribution in [3.05, 3.63) is 69.2 Å². The van der Waals surface area contributed by atoms with Gasteiger partial charge in [-0.05, 0) is 43.7 Å². The monoisotopic (exact) mass is 442 g/mol. The summed E-state index contributed by atoms with van der Waals surface area (Å²) >= 11 is 3.40. The standard InChI is InChI=1S/C21H23BrN4O2/c1-4-12-26-19(24-18-11-6-5-10-17(18)20(26)27)14(2)25(3)21(28)23-16-9-7-8-15(22)13-16/h5-11,13-14H,4,12H2,1-3H3,(H,23,28). The molecule has 1 unspecified atom stereocenters. The van der Waals surface area contributed by atoms with Crippen molar-refractivity contribution in [1.82, 2.24) is 14.5 Å². The molecule has 3 aromatic rings. The van der Waals surface area contributed by atoms with Crippen LogP contribution in [0.4, 0.5) is 10.5 Å². The zero-order valence-corrected chi connectivity index (χ0v) is 17.7. The maximum absolute atomic E-state index is 13.0. The van der Waals surface area contributed by atoms with Crippen LogP contribution in [0.1, 0.15) is 32.1 Å². The molecule has 2 aromatic carbocycles. The van der Waals surface area contributed by atoms with Crippen LogP contribution in [-0.4, -0.2) is 27.5 Å². The zero-order chi connectivity index (χ0) is 20.3. The average molecular weight is 443 g/mol. The third kappa shape index (κ3) is 4.09. The molecule has 0 saturated heterocycles. The van der Waals surface area contributed by atoms with Gasteiger partial charge in [-0.2, -0.15) is 0 Å². The Bertz CT molecular complexity index is 1060. The molecule has 0 spiro atoms. The summed E-state index contributed by atoms with van der Waals surface area (Å²) in [4.78, 5) is 32.0. The van der Waals surface area contributed by atoms with E-state index in [4.69, 9.17) is 4.98 Å². The van der Waals surface area contributed by atoms with E-state index in [1.807, 2.05) is 56.3 Å². The molecule has 1 heterocycles. The van der Waals surface area contributed by atoms with Gasteiger partial charge in [-0.25, -0.2) is 9.78 Å². The number of benzene rings is 2. The van der Waals surface area contributed by atoms with Crippen molar-refractivity contribution in [2.24, 2.45) is 0 Å². The molecule has 1 atom stereocenters. The molecule has 28 heavy (non-hydrogen) atoms. The van der Waals surface area contributed by atoms with Crippen LogP contribution in [0.15, 0.2) is 57.8 Å². The van der Waals surface area contributed by atoms with E-state index in [9.17, 15) is 9.59 Å². The molecule has 0 fully saturated rings. The minimum absolute atomic E-state index is 0.0740. The van der Waals surface area contributed by atoms with E-state index in [2.05, 4.69) is 21.2 Å². The number of carbonyl (C=O) groups excluding carboxylic acids is 1. The van der Waals surface area contributed by atoms with E-state index in [1.54, 1.807) is 22.6 Å². The summed E-state index contributed by atoms with van der Waals surface area (Å²) in [5.41, 5.74) is 1.26. The fourth-order valence-corrected chi connectivity index (χ4v) is 3.47. The predicted octanol–water partition coefficient (Wildman–Crippen LogP) is 4.79. The minimum atomic E-state index is -0.379. The lowest BCUT2D eigenvalue weighted by atomic mass is 10.2. The minimum Gasteiger partial charge on any atom is -0.318 e. The first kappa shape index (κ1) is 20.1. The molecule has 6 nitrogen and oxygen atoms in total. The van der Waals surface area contributed by atoms with E-state index >= 15 is 0 Å². The van der Waals surface area contributed by atoms with Gasteiger partial charge in [0, 0.05) is 23.8 Å². The Kier molecular flexibility index (Phi) is 6.14. The number of aromatic nitrogens is 2. The molecule has 2 amide bonds. The number of carbonyl (C=O) groups is 1. The van der Waals surface area contributed by atoms with Crippen molar-refractivity contribution in [1.29, 1.82) is 0 Å². The maximum Gasteiger partial charge on any atom is 0.322 e. The molecule has 0 aliphatic carbocycles. The van der Waals surface area contributed by atoms with Crippen LogP contribution < -0.4 is 10.9 Å². The molecule has 146 valence electrons. The smallest absolute Gasteiger partial charge is 0.318 e. The molecule has 0 radical (unpaired) electrons. The predicted molar refractivity (Wildman–Crippen MR) is 116 cm³/mol. The Balaban J connectivity index is 1.95. The number of fused-ring (bicyclic) bond motifs is 1. The highest BCUT2D eigenvalue weighted by Crippen LogP contribution is 2.21. The third-order valence-corrected chi connectivity index (χ3v) is 5.18. The first-order valence-corrected chi connectivity index (χ1v) is 10.0. The lowest BCUT2D eigenvalue weighted by Crippen LogP contribution is -2.37. The Morgan fingerprint density at radius 3 is 2.71 bits per heavy atom. The Morgan fingerprint density at radius 2 is 2.00 bits per heavy atom. The molecule has 7 heteroatoms. The van der Waals surface area contributed by atoms with Gasteiger partial charge in [0.15, 0.2) is 0 Å². The molecule has 1 aromatic heterocycles. The lowest BCUT2D eigenvalue weighted by Gasteiger charge is -2.27. The first-order valence-electron chi connectivity index (χ1n) is 9.21. The topological polar surface area (TPSA) is 67.2 Å². The summed E-state index contributed by atoms with van der Waals surface area (Å²) in [7, 11) is 1.70. The van der Waals surface area contributed by atoms with Crippen molar-refractivity contribution >= 4 is 38.6 Å². The summed E-state index contributed by atoms with van der Waals surface area (Å²) in [6.45, 7) is 4.44. The largest absolute Gasteiger partial charge is 0.322 e. The number of hydrogen-bond donors (Lipinski definition) is 1. The van der Waals surface area contributed by atoms with Gasteiger partial charge in [0.1, 0.15) is 5.82 Å². The van der Waals surface area contributed by atoms with Crippen LogP contribution >= 0.6 is 15.9 Å². The number of rotatable bonds is 5. The molecular formula is C21H23BrN4O2. The maximum atomic E-state index is 13.0. The fourth-order valence-electron chi connectivity index (χ4n) is 3.07. The van der Waals surface area contributed by atoms with Crippen LogP contribution in [0.2, 0.25) is 0 Å². The number of hydrogen-bond acceptors (Lipinski definition) is 3. The second kappa shape index (κ2) is 8.56. The lowest BCUT2D eigenvalue weighted by molar-refractivity contribution is 0.204. The van der Waals surface area contributed by atoms with Gasteiger partial charge in [0.05, 0.1) is 16.9 Å².